The van der Waals surface area contributed by atoms with Crippen LogP contribution in [-0.4, -0.2) is 25.6 Å². The number of nitrogens with zero attached hydrogens (tertiary/aromatic N) is 1. The van der Waals surface area contributed by atoms with Gasteiger partial charge in [0, 0.05) is 11.5 Å². The Hall–Kier alpha value is -0.390. The third kappa shape index (κ3) is 4.37. The van der Waals surface area contributed by atoms with E-state index in [9.17, 15) is 8.42 Å². The number of benzene rings is 1. The van der Waals surface area contributed by atoms with E-state index in [0.717, 1.165) is 14.4 Å². The average molecular weight is 421 g/mol. The van der Waals surface area contributed by atoms with Crippen LogP contribution in [0.5, 0.6) is 0 Å². The maximum atomic E-state index is 12.2. The molecule has 10 heteroatoms. The molecule has 0 fully saturated rings. The van der Waals surface area contributed by atoms with Crippen molar-refractivity contribution in [1.29, 1.82) is 0 Å². The second kappa shape index (κ2) is 7.24. The van der Waals surface area contributed by atoms with Crippen molar-refractivity contribution < 1.29 is 8.42 Å². The van der Waals surface area contributed by atoms with Crippen LogP contribution in [0.15, 0.2) is 42.7 Å². The number of hydrogen-bond donors (Lipinski definition) is 1. The first-order valence-electron chi connectivity index (χ1n) is 6.47. The Morgan fingerprint density at radius 1 is 1.09 bits per heavy atom. The SMILES string of the molecule is Cc1ccc(S(=O)(=O)NN=C2CSc3sc(=S)sc3SC2)cc1. The summed E-state index contributed by atoms with van der Waals surface area (Å²) in [6, 6.07) is 6.70. The molecule has 3 rings (SSSR count). The van der Waals surface area contributed by atoms with Crippen molar-refractivity contribution in [3.63, 3.8) is 0 Å². The zero-order valence-corrected chi connectivity index (χ0v) is 16.8. The fraction of sp³-hybridized carbons (Fsp3) is 0.231. The maximum Gasteiger partial charge on any atom is 0.276 e. The van der Waals surface area contributed by atoms with E-state index in [1.807, 2.05) is 6.92 Å². The molecule has 1 aliphatic rings. The van der Waals surface area contributed by atoms with E-state index in [4.69, 9.17) is 12.2 Å². The Morgan fingerprint density at radius 3 is 2.22 bits per heavy atom. The summed E-state index contributed by atoms with van der Waals surface area (Å²) in [5, 5.41) is 4.12. The van der Waals surface area contributed by atoms with Gasteiger partial charge in [-0.3, -0.25) is 0 Å². The summed E-state index contributed by atoms with van der Waals surface area (Å²) in [6.45, 7) is 1.91. The molecule has 2 heterocycles. The molecule has 0 atom stereocenters. The average Bonchev–Trinajstić information content (AvgIpc) is 2.76. The zero-order chi connectivity index (χ0) is 16.4. The first kappa shape index (κ1) is 17.4. The van der Waals surface area contributed by atoms with Gasteiger partial charge in [0.25, 0.3) is 10.0 Å². The molecule has 0 amide bonds. The van der Waals surface area contributed by atoms with Gasteiger partial charge in [-0.15, -0.1) is 46.2 Å². The van der Waals surface area contributed by atoms with E-state index < -0.39 is 10.0 Å². The molecule has 0 spiro atoms. The van der Waals surface area contributed by atoms with Crippen molar-refractivity contribution in [2.24, 2.45) is 5.10 Å². The molecule has 0 radical (unpaired) electrons. The molecular weight excluding hydrogens is 409 g/mol. The number of rotatable bonds is 3. The second-order valence-corrected chi connectivity index (χ2v) is 12.1. The Kier molecular flexibility index (Phi) is 5.49. The number of sulfonamides is 1. The van der Waals surface area contributed by atoms with Gasteiger partial charge in [0.15, 0.2) is 0 Å². The molecule has 0 aliphatic carbocycles. The van der Waals surface area contributed by atoms with Crippen molar-refractivity contribution in [3.8, 4) is 0 Å². The maximum absolute atomic E-state index is 12.2. The summed E-state index contributed by atoms with van der Waals surface area (Å²) in [5.74, 6) is 1.33. The van der Waals surface area contributed by atoms with Crippen LogP contribution >= 0.6 is 58.4 Å². The first-order chi connectivity index (χ1) is 10.9. The molecule has 1 aliphatic heterocycles. The lowest BCUT2D eigenvalue weighted by atomic mass is 10.2. The van der Waals surface area contributed by atoms with Crippen LogP contribution in [0.25, 0.3) is 0 Å². The minimum Gasteiger partial charge on any atom is -0.200 e. The molecule has 4 nitrogen and oxygen atoms in total. The Bertz CT molecular complexity index is 865. The minimum atomic E-state index is -3.62. The smallest absolute Gasteiger partial charge is 0.200 e. The third-order valence-electron chi connectivity index (χ3n) is 2.91. The van der Waals surface area contributed by atoms with Gasteiger partial charge in [0.2, 0.25) is 0 Å². The number of hydrogen-bond acceptors (Lipinski definition) is 8. The molecule has 0 unspecified atom stereocenters. The highest BCUT2D eigenvalue weighted by Crippen LogP contribution is 2.42. The highest BCUT2D eigenvalue weighted by Gasteiger charge is 2.18. The molecular formula is C13H12N2O2S6. The van der Waals surface area contributed by atoms with Gasteiger partial charge in [0.05, 0.1) is 19.0 Å². The van der Waals surface area contributed by atoms with Crippen LogP contribution in [0.4, 0.5) is 0 Å². The largest absolute Gasteiger partial charge is 0.276 e. The summed E-state index contributed by atoms with van der Waals surface area (Å²) in [6.07, 6.45) is 0. The first-order valence-corrected chi connectivity index (χ1v) is 12.0. The minimum absolute atomic E-state index is 0.221. The number of aryl methyl sites for hydroxylation is 1. The highest BCUT2D eigenvalue weighted by molar-refractivity contribution is 8.07. The Labute approximate surface area is 156 Å². The molecule has 1 aromatic heterocycles. The van der Waals surface area contributed by atoms with Crippen molar-refractivity contribution in [2.75, 3.05) is 11.5 Å². The number of hydrazone groups is 1. The summed E-state index contributed by atoms with van der Waals surface area (Å²) in [4.78, 5) is 2.56. The molecule has 1 N–H and O–H groups in total. The zero-order valence-electron chi connectivity index (χ0n) is 11.9. The fourth-order valence-electron chi connectivity index (χ4n) is 1.73. The van der Waals surface area contributed by atoms with Gasteiger partial charge in [-0.2, -0.15) is 13.5 Å². The fourth-order valence-corrected chi connectivity index (χ4v) is 8.67. The predicted octanol–water partition coefficient (Wildman–Crippen LogP) is 4.38. The monoisotopic (exact) mass is 420 g/mol. The standard InChI is InChI=1S/C13H12N2O2S6/c1-8-2-4-10(5-3-8)23(16,17)15-14-9-6-19-11-12(20-7-9)22-13(18)21-11/h2-5,15H,6-7H2,1H3. The van der Waals surface area contributed by atoms with Crippen molar-refractivity contribution >= 4 is 74.2 Å². The lowest BCUT2D eigenvalue weighted by molar-refractivity contribution is 0.584. The van der Waals surface area contributed by atoms with Gasteiger partial charge in [-0.05, 0) is 19.1 Å². The Balaban J connectivity index is 1.72. The van der Waals surface area contributed by atoms with E-state index in [1.165, 1.54) is 8.42 Å². The van der Waals surface area contributed by atoms with Crippen LogP contribution in [0.2, 0.25) is 0 Å². The molecule has 0 saturated heterocycles. The van der Waals surface area contributed by atoms with Crippen molar-refractivity contribution in [3.05, 3.63) is 33.0 Å². The molecule has 122 valence electrons. The number of fused-ring (bicyclic) bond motifs is 1. The van der Waals surface area contributed by atoms with Crippen LogP contribution < -0.4 is 4.83 Å². The number of thioether (sulfide) groups is 2. The lowest BCUT2D eigenvalue weighted by Crippen LogP contribution is -2.21. The van der Waals surface area contributed by atoms with Gasteiger partial charge in [-0.1, -0.05) is 29.9 Å². The van der Waals surface area contributed by atoms with E-state index in [2.05, 4.69) is 9.93 Å². The van der Waals surface area contributed by atoms with Crippen LogP contribution in [0.1, 0.15) is 5.56 Å². The topological polar surface area (TPSA) is 58.5 Å². The summed E-state index contributed by atoms with van der Waals surface area (Å²) >= 11 is 11.7. The van der Waals surface area contributed by atoms with Gasteiger partial charge < -0.3 is 0 Å². The third-order valence-corrected chi connectivity index (χ3v) is 9.86. The molecule has 23 heavy (non-hydrogen) atoms. The summed E-state index contributed by atoms with van der Waals surface area (Å²) < 4.78 is 27.8. The van der Waals surface area contributed by atoms with Crippen molar-refractivity contribution in [2.45, 2.75) is 20.2 Å². The lowest BCUT2D eigenvalue weighted by Gasteiger charge is -2.06. The van der Waals surface area contributed by atoms with E-state index in [-0.39, 0.29) is 4.90 Å². The van der Waals surface area contributed by atoms with E-state index >= 15 is 0 Å². The molecule has 0 saturated carbocycles. The second-order valence-electron chi connectivity index (χ2n) is 4.69. The normalized spacial score (nSPS) is 14.9. The van der Waals surface area contributed by atoms with Crippen LogP contribution in [0, 0.1) is 10.1 Å². The van der Waals surface area contributed by atoms with Crippen LogP contribution in [-0.2, 0) is 10.0 Å². The van der Waals surface area contributed by atoms with E-state index in [0.29, 0.717) is 11.5 Å². The van der Waals surface area contributed by atoms with E-state index in [1.54, 1.807) is 70.5 Å². The van der Waals surface area contributed by atoms with Gasteiger partial charge in [0.1, 0.15) is 3.14 Å². The van der Waals surface area contributed by atoms with Gasteiger partial charge in [-0.25, -0.2) is 4.83 Å². The Morgan fingerprint density at radius 2 is 1.65 bits per heavy atom. The summed E-state index contributed by atoms with van der Waals surface area (Å²) in [7, 11) is -3.62. The van der Waals surface area contributed by atoms with Gasteiger partial charge >= 0.3 is 0 Å². The highest BCUT2D eigenvalue weighted by atomic mass is 32.2. The number of nitrogens with one attached hydrogen (secondary N) is 1. The predicted molar refractivity (Wildman–Crippen MR) is 103 cm³/mol. The summed E-state index contributed by atoms with van der Waals surface area (Å²) in [5.41, 5.74) is 1.83. The molecule has 0 bridgehead atoms. The molecule has 1 aromatic carbocycles. The van der Waals surface area contributed by atoms with Crippen molar-refractivity contribution in [1.82, 2.24) is 4.83 Å². The van der Waals surface area contributed by atoms with Crippen LogP contribution in [0.3, 0.4) is 0 Å². The quantitative estimate of drug-likeness (QED) is 0.590. The molecule has 2 aromatic rings.